The van der Waals surface area contributed by atoms with E-state index in [1.165, 1.54) is 0 Å². The number of aromatic nitrogens is 1. The predicted molar refractivity (Wildman–Crippen MR) is 75.6 cm³/mol. The van der Waals surface area contributed by atoms with Gasteiger partial charge in [-0.05, 0) is 36.8 Å². The van der Waals surface area contributed by atoms with Gasteiger partial charge in [0, 0.05) is 25.1 Å². The van der Waals surface area contributed by atoms with E-state index in [-0.39, 0.29) is 11.9 Å². The molecule has 0 aliphatic carbocycles. The van der Waals surface area contributed by atoms with Crippen LogP contribution < -0.4 is 5.73 Å². The molecule has 1 amide bonds. The number of para-hydroxylation sites is 1. The lowest BCUT2D eigenvalue weighted by molar-refractivity contribution is 0.0743. The molecule has 19 heavy (non-hydrogen) atoms. The van der Waals surface area contributed by atoms with E-state index in [4.69, 9.17) is 5.73 Å². The van der Waals surface area contributed by atoms with Crippen LogP contribution >= 0.6 is 0 Å². The molecule has 0 saturated heterocycles. The van der Waals surface area contributed by atoms with E-state index in [0.717, 1.165) is 5.56 Å². The van der Waals surface area contributed by atoms with E-state index < -0.39 is 0 Å². The lowest BCUT2D eigenvalue weighted by atomic mass is 10.1. The van der Waals surface area contributed by atoms with E-state index in [0.29, 0.717) is 11.3 Å². The number of carbonyl (C=O) groups is 1. The van der Waals surface area contributed by atoms with Gasteiger partial charge in [0.2, 0.25) is 0 Å². The summed E-state index contributed by atoms with van der Waals surface area (Å²) >= 11 is 0. The Labute approximate surface area is 112 Å². The minimum Gasteiger partial charge on any atom is -0.398 e. The van der Waals surface area contributed by atoms with E-state index in [1.54, 1.807) is 36.5 Å². The van der Waals surface area contributed by atoms with Crippen molar-refractivity contribution in [3.63, 3.8) is 0 Å². The van der Waals surface area contributed by atoms with Crippen LogP contribution in [0.1, 0.15) is 28.9 Å². The number of hydrogen-bond acceptors (Lipinski definition) is 3. The van der Waals surface area contributed by atoms with Crippen LogP contribution in [-0.2, 0) is 0 Å². The number of hydrogen-bond donors (Lipinski definition) is 1. The molecule has 1 aromatic carbocycles. The summed E-state index contributed by atoms with van der Waals surface area (Å²) in [4.78, 5) is 18.1. The van der Waals surface area contributed by atoms with Gasteiger partial charge in [0.1, 0.15) is 0 Å². The summed E-state index contributed by atoms with van der Waals surface area (Å²) in [5.41, 5.74) is 7.92. The zero-order chi connectivity index (χ0) is 13.8. The van der Waals surface area contributed by atoms with E-state index in [2.05, 4.69) is 4.98 Å². The van der Waals surface area contributed by atoms with Gasteiger partial charge < -0.3 is 10.6 Å². The summed E-state index contributed by atoms with van der Waals surface area (Å²) in [6.07, 6.45) is 3.45. The summed E-state index contributed by atoms with van der Waals surface area (Å²) < 4.78 is 0. The molecule has 0 saturated carbocycles. The molecular formula is C15H17N3O. The maximum absolute atomic E-state index is 12.4. The summed E-state index contributed by atoms with van der Waals surface area (Å²) in [6.45, 7) is 1.98. The van der Waals surface area contributed by atoms with Crippen molar-refractivity contribution in [2.45, 2.75) is 13.0 Å². The molecule has 1 unspecified atom stereocenters. The Morgan fingerprint density at radius 1 is 1.21 bits per heavy atom. The second-order valence-electron chi connectivity index (χ2n) is 4.46. The Hall–Kier alpha value is -2.36. The first-order valence-electron chi connectivity index (χ1n) is 6.13. The van der Waals surface area contributed by atoms with Gasteiger partial charge >= 0.3 is 0 Å². The average Bonchev–Trinajstić information content (AvgIpc) is 2.46. The number of amides is 1. The second kappa shape index (κ2) is 5.52. The summed E-state index contributed by atoms with van der Waals surface area (Å²) in [6, 6.07) is 10.9. The average molecular weight is 255 g/mol. The summed E-state index contributed by atoms with van der Waals surface area (Å²) in [5, 5.41) is 0. The van der Waals surface area contributed by atoms with Gasteiger partial charge in [0.05, 0.1) is 11.6 Å². The number of nitrogens with zero attached hydrogens (tertiary/aromatic N) is 2. The van der Waals surface area contributed by atoms with Crippen molar-refractivity contribution in [1.29, 1.82) is 0 Å². The highest BCUT2D eigenvalue weighted by atomic mass is 16.2. The molecule has 0 bridgehead atoms. The lowest BCUT2D eigenvalue weighted by Crippen LogP contribution is -2.30. The molecule has 1 heterocycles. The number of benzene rings is 1. The Kier molecular flexibility index (Phi) is 3.80. The van der Waals surface area contributed by atoms with Gasteiger partial charge in [-0.2, -0.15) is 0 Å². The molecule has 0 aliphatic heterocycles. The molecule has 1 aromatic heterocycles. The van der Waals surface area contributed by atoms with Gasteiger partial charge in [0.25, 0.3) is 5.91 Å². The van der Waals surface area contributed by atoms with Gasteiger partial charge in [-0.25, -0.2) is 0 Å². The van der Waals surface area contributed by atoms with Gasteiger partial charge in [-0.15, -0.1) is 0 Å². The first-order chi connectivity index (χ1) is 9.11. The first-order valence-corrected chi connectivity index (χ1v) is 6.13. The first kappa shape index (κ1) is 13.1. The fraction of sp³-hybridized carbons (Fsp3) is 0.200. The smallest absolute Gasteiger partial charge is 0.256 e. The monoisotopic (exact) mass is 255 g/mol. The molecule has 0 spiro atoms. The highest BCUT2D eigenvalue weighted by molar-refractivity contribution is 5.99. The molecule has 4 heteroatoms. The van der Waals surface area contributed by atoms with E-state index in [9.17, 15) is 4.79 Å². The van der Waals surface area contributed by atoms with Crippen LogP contribution in [-0.4, -0.2) is 22.8 Å². The lowest BCUT2D eigenvalue weighted by Gasteiger charge is -2.25. The van der Waals surface area contributed by atoms with Crippen LogP contribution in [0.4, 0.5) is 5.69 Å². The van der Waals surface area contributed by atoms with Crippen molar-refractivity contribution in [2.75, 3.05) is 12.8 Å². The van der Waals surface area contributed by atoms with Gasteiger partial charge in [0.15, 0.2) is 0 Å². The molecule has 0 aliphatic rings. The van der Waals surface area contributed by atoms with Crippen molar-refractivity contribution in [3.05, 3.63) is 59.9 Å². The van der Waals surface area contributed by atoms with E-state index >= 15 is 0 Å². The normalized spacial score (nSPS) is 11.9. The Morgan fingerprint density at radius 3 is 2.47 bits per heavy atom. The molecular weight excluding hydrogens is 238 g/mol. The molecule has 2 N–H and O–H groups in total. The van der Waals surface area contributed by atoms with Crippen molar-refractivity contribution in [3.8, 4) is 0 Å². The van der Waals surface area contributed by atoms with Crippen molar-refractivity contribution < 1.29 is 4.79 Å². The Bertz CT molecular complexity index is 569. The third-order valence-corrected chi connectivity index (χ3v) is 3.28. The highest BCUT2D eigenvalue weighted by Gasteiger charge is 2.20. The molecule has 4 nitrogen and oxygen atoms in total. The van der Waals surface area contributed by atoms with Gasteiger partial charge in [-0.3, -0.25) is 9.78 Å². The zero-order valence-electron chi connectivity index (χ0n) is 11.1. The summed E-state index contributed by atoms with van der Waals surface area (Å²) in [7, 11) is 1.78. The number of pyridine rings is 1. The molecule has 0 fully saturated rings. The summed E-state index contributed by atoms with van der Waals surface area (Å²) in [5.74, 6) is -0.0811. The highest BCUT2D eigenvalue weighted by Crippen LogP contribution is 2.21. The third-order valence-electron chi connectivity index (χ3n) is 3.28. The molecule has 2 aromatic rings. The van der Waals surface area contributed by atoms with Crippen LogP contribution in [0.5, 0.6) is 0 Å². The minimum absolute atomic E-state index is 0.0323. The van der Waals surface area contributed by atoms with Crippen LogP contribution in [0.3, 0.4) is 0 Å². The Balaban J connectivity index is 2.23. The number of rotatable bonds is 3. The number of anilines is 1. The third kappa shape index (κ3) is 2.73. The number of nitrogens with two attached hydrogens (primary N) is 1. The zero-order valence-corrected chi connectivity index (χ0v) is 11.1. The number of nitrogen functional groups attached to an aromatic ring is 1. The largest absolute Gasteiger partial charge is 0.398 e. The van der Waals surface area contributed by atoms with Crippen molar-refractivity contribution >= 4 is 11.6 Å². The molecule has 1 atom stereocenters. The number of carbonyl (C=O) groups excluding carboxylic acids is 1. The van der Waals surface area contributed by atoms with E-state index in [1.807, 2.05) is 31.2 Å². The van der Waals surface area contributed by atoms with Crippen molar-refractivity contribution in [1.82, 2.24) is 9.88 Å². The topological polar surface area (TPSA) is 59.2 Å². The predicted octanol–water partition coefficient (Wildman–Crippen LogP) is 2.50. The SMILES string of the molecule is CC(c1ccncc1)N(C)C(=O)c1ccccc1N. The second-order valence-corrected chi connectivity index (χ2v) is 4.46. The standard InChI is InChI=1S/C15H17N3O/c1-11(12-7-9-17-10-8-12)18(2)15(19)13-5-3-4-6-14(13)16/h3-11H,16H2,1-2H3. The fourth-order valence-electron chi connectivity index (χ4n) is 1.92. The fourth-order valence-corrected chi connectivity index (χ4v) is 1.92. The maximum atomic E-state index is 12.4. The molecule has 0 radical (unpaired) electrons. The van der Waals surface area contributed by atoms with Crippen LogP contribution in [0.25, 0.3) is 0 Å². The van der Waals surface area contributed by atoms with Crippen LogP contribution in [0.15, 0.2) is 48.8 Å². The minimum atomic E-state index is -0.0811. The molecule has 98 valence electrons. The molecule has 2 rings (SSSR count). The maximum Gasteiger partial charge on any atom is 0.256 e. The Morgan fingerprint density at radius 2 is 1.84 bits per heavy atom. The van der Waals surface area contributed by atoms with Crippen LogP contribution in [0, 0.1) is 0 Å². The van der Waals surface area contributed by atoms with Crippen LogP contribution in [0.2, 0.25) is 0 Å². The quantitative estimate of drug-likeness (QED) is 0.857. The van der Waals surface area contributed by atoms with Crippen molar-refractivity contribution in [2.24, 2.45) is 0 Å². The van der Waals surface area contributed by atoms with Gasteiger partial charge in [-0.1, -0.05) is 12.1 Å².